The van der Waals surface area contributed by atoms with Gasteiger partial charge in [-0.3, -0.25) is 4.79 Å². The van der Waals surface area contributed by atoms with E-state index in [1.807, 2.05) is 35.1 Å². The van der Waals surface area contributed by atoms with Crippen LogP contribution in [-0.2, 0) is 28.3 Å². The summed E-state index contributed by atoms with van der Waals surface area (Å²) in [7, 11) is -0.731. The summed E-state index contributed by atoms with van der Waals surface area (Å²) in [5.74, 6) is -1.24. The Hall–Kier alpha value is -2.53. The van der Waals surface area contributed by atoms with Crippen molar-refractivity contribution in [3.8, 4) is 0 Å². The van der Waals surface area contributed by atoms with Gasteiger partial charge < -0.3 is 14.6 Å². The molecule has 1 aliphatic rings. The van der Waals surface area contributed by atoms with Gasteiger partial charge >= 0.3 is 25.4 Å². The van der Waals surface area contributed by atoms with Crippen LogP contribution in [0.5, 0.6) is 0 Å². The molecule has 0 saturated carbocycles. The van der Waals surface area contributed by atoms with Gasteiger partial charge in [0.1, 0.15) is 6.10 Å². The van der Waals surface area contributed by atoms with Crippen LogP contribution in [-0.4, -0.2) is 42.0 Å². The molecule has 34 heavy (non-hydrogen) atoms. The molecule has 1 aliphatic heterocycles. The van der Waals surface area contributed by atoms with E-state index < -0.39 is 54.6 Å². The molecule has 1 saturated heterocycles. The van der Waals surface area contributed by atoms with Crippen molar-refractivity contribution in [2.24, 2.45) is 5.92 Å². The average Bonchev–Trinajstić information content (AvgIpc) is 3.19. The topological polar surface area (TPSA) is 49.8 Å². The smallest absolute Gasteiger partial charge is 0.416 e. The molecule has 0 radical (unpaired) electrons. The van der Waals surface area contributed by atoms with Crippen LogP contribution >= 0.6 is 0 Å². The summed E-state index contributed by atoms with van der Waals surface area (Å²) in [6.07, 6.45) is -11.4. The molecular formula is C23H24BF6NO3. The molecule has 0 spiro atoms. The van der Waals surface area contributed by atoms with Gasteiger partial charge in [-0.15, -0.1) is 0 Å². The van der Waals surface area contributed by atoms with Crippen LogP contribution < -0.4 is 0 Å². The molecule has 0 aliphatic carbocycles. The van der Waals surface area contributed by atoms with Crippen LogP contribution in [0, 0.1) is 5.92 Å². The van der Waals surface area contributed by atoms with Gasteiger partial charge in [0.25, 0.3) is 0 Å². The first-order chi connectivity index (χ1) is 15.8. The van der Waals surface area contributed by atoms with Crippen molar-refractivity contribution in [3.63, 3.8) is 0 Å². The highest BCUT2D eigenvalue weighted by atomic mass is 19.4. The van der Waals surface area contributed by atoms with Crippen LogP contribution in [0.1, 0.15) is 35.1 Å². The van der Waals surface area contributed by atoms with Crippen molar-refractivity contribution >= 4 is 13.0 Å². The highest BCUT2D eigenvalue weighted by molar-refractivity contribution is 6.45. The van der Waals surface area contributed by atoms with E-state index in [0.717, 1.165) is 5.56 Å². The molecule has 11 heteroatoms. The van der Waals surface area contributed by atoms with Crippen molar-refractivity contribution in [2.75, 3.05) is 13.1 Å². The summed E-state index contributed by atoms with van der Waals surface area (Å²) < 4.78 is 84.0. The van der Waals surface area contributed by atoms with E-state index in [1.165, 1.54) is 0 Å². The summed E-state index contributed by atoms with van der Waals surface area (Å²) in [6, 6.07) is 10.5. The monoisotopic (exact) mass is 487 g/mol. The fourth-order valence-electron chi connectivity index (χ4n) is 4.32. The number of benzene rings is 2. The lowest BCUT2D eigenvalue weighted by Gasteiger charge is -2.25. The van der Waals surface area contributed by atoms with E-state index in [-0.39, 0.29) is 17.9 Å². The first-order valence-electron chi connectivity index (χ1n) is 10.7. The van der Waals surface area contributed by atoms with Gasteiger partial charge in [0.2, 0.25) is 0 Å². The second-order valence-electron chi connectivity index (χ2n) is 8.55. The van der Waals surface area contributed by atoms with Crippen molar-refractivity contribution < 1.29 is 40.9 Å². The maximum atomic E-state index is 13.1. The second kappa shape index (κ2) is 9.99. The fourth-order valence-corrected chi connectivity index (χ4v) is 4.32. The summed E-state index contributed by atoms with van der Waals surface area (Å²) >= 11 is 0. The van der Waals surface area contributed by atoms with E-state index in [9.17, 15) is 36.2 Å². The third-order valence-electron chi connectivity index (χ3n) is 6.07. The number of esters is 1. The fraction of sp³-hybridized carbons (Fsp3) is 0.435. The minimum absolute atomic E-state index is 0.0189. The summed E-state index contributed by atoms with van der Waals surface area (Å²) in [4.78, 5) is 14.3. The van der Waals surface area contributed by atoms with E-state index in [4.69, 9.17) is 4.74 Å². The van der Waals surface area contributed by atoms with Gasteiger partial charge in [-0.25, -0.2) is 0 Å². The average molecular weight is 487 g/mol. The minimum atomic E-state index is -5.00. The van der Waals surface area contributed by atoms with Gasteiger partial charge in [-0.1, -0.05) is 30.3 Å². The lowest BCUT2D eigenvalue weighted by atomic mass is 9.85. The van der Waals surface area contributed by atoms with Crippen molar-refractivity contribution in [1.82, 2.24) is 4.81 Å². The molecule has 0 aromatic heterocycles. The van der Waals surface area contributed by atoms with Crippen LogP contribution in [0.2, 0.25) is 6.82 Å². The van der Waals surface area contributed by atoms with E-state index in [0.29, 0.717) is 25.2 Å². The predicted molar refractivity (Wildman–Crippen MR) is 114 cm³/mol. The van der Waals surface area contributed by atoms with Crippen LogP contribution in [0.4, 0.5) is 26.3 Å². The minimum Gasteiger partial charge on any atom is -0.462 e. The predicted octanol–water partition coefficient (Wildman–Crippen LogP) is 5.02. The Bertz CT molecular complexity index is 964. The zero-order valence-corrected chi connectivity index (χ0v) is 18.5. The maximum absolute atomic E-state index is 13.1. The Morgan fingerprint density at radius 1 is 1.06 bits per heavy atom. The first kappa shape index (κ1) is 26.1. The number of carbonyl (C=O) groups is 1. The molecule has 0 amide bonds. The van der Waals surface area contributed by atoms with Gasteiger partial charge in [0.15, 0.2) is 0 Å². The third kappa shape index (κ3) is 6.32. The Labute approximate surface area is 193 Å². The molecule has 1 heterocycles. The number of hydrogen-bond acceptors (Lipinski definition) is 4. The van der Waals surface area contributed by atoms with Gasteiger partial charge in [0, 0.05) is 11.8 Å². The third-order valence-corrected chi connectivity index (χ3v) is 6.07. The highest BCUT2D eigenvalue weighted by Gasteiger charge is 2.41. The molecule has 1 fully saturated rings. The van der Waals surface area contributed by atoms with Crippen molar-refractivity contribution in [2.45, 2.75) is 44.5 Å². The molecule has 2 aromatic rings. The maximum Gasteiger partial charge on any atom is 0.416 e. The Morgan fingerprint density at radius 3 is 2.12 bits per heavy atom. The molecule has 3 rings (SSSR count). The summed E-state index contributed by atoms with van der Waals surface area (Å²) in [5, 5.41) is 10.0. The normalized spacial score (nSPS) is 20.3. The number of rotatable bonds is 6. The number of halogens is 6. The second-order valence-corrected chi connectivity index (χ2v) is 8.55. The van der Waals surface area contributed by atoms with Crippen molar-refractivity contribution in [3.05, 3.63) is 70.8 Å². The zero-order valence-electron chi connectivity index (χ0n) is 18.5. The largest absolute Gasteiger partial charge is 0.462 e. The van der Waals surface area contributed by atoms with E-state index >= 15 is 0 Å². The Kier molecular flexibility index (Phi) is 7.67. The zero-order chi connectivity index (χ0) is 25.3. The Morgan fingerprint density at radius 2 is 1.62 bits per heavy atom. The number of nitrogens with zero attached hydrogens (tertiary/aromatic N) is 1. The molecule has 184 valence electrons. The molecule has 3 atom stereocenters. The summed E-state index contributed by atoms with van der Waals surface area (Å²) in [6.45, 7) is 4.18. The lowest BCUT2D eigenvalue weighted by Crippen LogP contribution is -2.36. The first-order valence-corrected chi connectivity index (χ1v) is 10.7. The van der Waals surface area contributed by atoms with Crippen LogP contribution in [0.3, 0.4) is 0 Å². The van der Waals surface area contributed by atoms with E-state index in [1.54, 1.807) is 13.7 Å². The molecule has 2 aromatic carbocycles. The van der Waals surface area contributed by atoms with Gasteiger partial charge in [-0.05, 0) is 56.2 Å². The van der Waals surface area contributed by atoms with Crippen LogP contribution in [0.25, 0.3) is 0 Å². The number of hydrogen-bond donors (Lipinski definition) is 1. The summed E-state index contributed by atoms with van der Waals surface area (Å²) in [5.41, 5.74) is -2.42. The number of ether oxygens (including phenoxy) is 1. The quantitative estimate of drug-likeness (QED) is 0.353. The molecule has 0 bridgehead atoms. The number of alkyl halides is 6. The molecule has 2 unspecified atom stereocenters. The lowest BCUT2D eigenvalue weighted by molar-refractivity contribution is -0.150. The molecular weight excluding hydrogens is 463 g/mol. The van der Waals surface area contributed by atoms with Crippen LogP contribution in [0.15, 0.2) is 48.5 Å². The highest BCUT2D eigenvalue weighted by Crippen LogP contribution is 2.38. The van der Waals surface area contributed by atoms with Gasteiger partial charge in [0.05, 0.1) is 17.5 Å². The number of carbonyl (C=O) groups excluding carboxylic acids is 1. The van der Waals surface area contributed by atoms with E-state index in [2.05, 4.69) is 0 Å². The standard InChI is InChI=1S/C23H24BF6NO3/c1-14(19-12-31(24(2)33)13-20(19)16-6-4-3-5-7-16)34-21(32)10-15-8-17(22(25,26)27)11-18(9-15)23(28,29)30/h3-9,11,14,19-20,33H,10,12-13H2,1-2H3/t14?,19-,20?/m0/s1. The van der Waals surface area contributed by atoms with Crippen molar-refractivity contribution in [1.29, 1.82) is 0 Å². The molecule has 4 nitrogen and oxygen atoms in total. The van der Waals surface area contributed by atoms with Gasteiger partial charge in [-0.2, -0.15) is 26.3 Å². The Balaban J connectivity index is 1.77. The molecule has 1 N–H and O–H groups in total. The SMILES string of the molecule is CB(O)N1CC(c2ccccc2)[C@H](C(C)OC(=O)Cc2cc(C(F)(F)F)cc(C(F)(F)F)c2)C1.